The van der Waals surface area contributed by atoms with Gasteiger partial charge < -0.3 is 5.32 Å². The van der Waals surface area contributed by atoms with E-state index in [1.807, 2.05) is 6.07 Å². The van der Waals surface area contributed by atoms with Gasteiger partial charge in [0.2, 0.25) is 0 Å². The Balaban J connectivity index is 2.17. The Morgan fingerprint density at radius 2 is 1.88 bits per heavy atom. The fourth-order valence-electron chi connectivity index (χ4n) is 1.40. The second kappa shape index (κ2) is 5.10. The number of hydrogen-bond donors (Lipinski definition) is 1. The molecular formula is C13H9BrFNO. The molecule has 0 aliphatic heterocycles. The number of rotatable bonds is 2. The minimum absolute atomic E-state index is 0.267. The number of carbonyl (C=O) groups is 1. The Hall–Kier alpha value is -1.68. The normalized spacial score (nSPS) is 10.0. The van der Waals surface area contributed by atoms with Crippen molar-refractivity contribution in [3.05, 3.63) is 64.4 Å². The van der Waals surface area contributed by atoms with Crippen LogP contribution in [0.1, 0.15) is 10.4 Å². The minimum atomic E-state index is -0.378. The number of hydrogen-bond acceptors (Lipinski definition) is 1. The van der Waals surface area contributed by atoms with Crippen LogP contribution in [0, 0.1) is 5.82 Å². The maximum Gasteiger partial charge on any atom is 0.255 e. The van der Waals surface area contributed by atoms with E-state index in [-0.39, 0.29) is 11.7 Å². The van der Waals surface area contributed by atoms with Crippen LogP contribution in [-0.2, 0) is 0 Å². The van der Waals surface area contributed by atoms with Crippen molar-refractivity contribution in [2.24, 2.45) is 0 Å². The molecule has 2 aromatic rings. The zero-order valence-corrected chi connectivity index (χ0v) is 10.4. The molecule has 0 atom stereocenters. The summed E-state index contributed by atoms with van der Waals surface area (Å²) in [6, 6.07) is 12.8. The number of amides is 1. The first-order valence-corrected chi connectivity index (χ1v) is 5.77. The lowest BCUT2D eigenvalue weighted by Crippen LogP contribution is -2.11. The van der Waals surface area contributed by atoms with Crippen molar-refractivity contribution in [2.45, 2.75) is 0 Å². The largest absolute Gasteiger partial charge is 0.322 e. The van der Waals surface area contributed by atoms with E-state index in [9.17, 15) is 9.18 Å². The van der Waals surface area contributed by atoms with Crippen molar-refractivity contribution >= 4 is 27.5 Å². The fraction of sp³-hybridized carbons (Fsp3) is 0. The van der Waals surface area contributed by atoms with E-state index in [2.05, 4.69) is 21.2 Å². The van der Waals surface area contributed by atoms with Crippen molar-refractivity contribution in [2.75, 3.05) is 5.32 Å². The van der Waals surface area contributed by atoms with Crippen LogP contribution in [0.5, 0.6) is 0 Å². The minimum Gasteiger partial charge on any atom is -0.322 e. The molecule has 0 saturated carbocycles. The zero-order valence-electron chi connectivity index (χ0n) is 8.78. The molecule has 0 heterocycles. The molecule has 4 heteroatoms. The highest BCUT2D eigenvalue weighted by Crippen LogP contribution is 2.14. The van der Waals surface area contributed by atoms with Gasteiger partial charge in [-0.05, 0) is 36.4 Å². The van der Waals surface area contributed by atoms with E-state index in [1.54, 1.807) is 30.3 Å². The molecule has 0 unspecified atom stereocenters. The van der Waals surface area contributed by atoms with Crippen LogP contribution in [0.3, 0.4) is 0 Å². The summed E-state index contributed by atoms with van der Waals surface area (Å²) in [6.45, 7) is 0. The van der Waals surface area contributed by atoms with Crippen molar-refractivity contribution in [3.8, 4) is 0 Å². The van der Waals surface area contributed by atoms with Gasteiger partial charge in [-0.25, -0.2) is 4.39 Å². The molecule has 0 bridgehead atoms. The quantitative estimate of drug-likeness (QED) is 0.895. The van der Waals surface area contributed by atoms with Gasteiger partial charge >= 0.3 is 0 Å². The highest BCUT2D eigenvalue weighted by molar-refractivity contribution is 9.10. The number of halogens is 2. The molecule has 17 heavy (non-hydrogen) atoms. The average Bonchev–Trinajstić information content (AvgIpc) is 2.29. The molecular weight excluding hydrogens is 285 g/mol. The van der Waals surface area contributed by atoms with Gasteiger partial charge in [-0.2, -0.15) is 0 Å². The van der Waals surface area contributed by atoms with Crippen LogP contribution in [0.25, 0.3) is 0 Å². The first-order valence-electron chi connectivity index (χ1n) is 4.97. The Labute approximate surface area is 107 Å². The summed E-state index contributed by atoms with van der Waals surface area (Å²) in [5.41, 5.74) is 0.957. The lowest BCUT2D eigenvalue weighted by molar-refractivity contribution is 0.102. The van der Waals surface area contributed by atoms with Gasteiger partial charge in [0.15, 0.2) is 0 Å². The third kappa shape index (κ3) is 3.14. The molecule has 0 saturated heterocycles. The van der Waals surface area contributed by atoms with Crippen molar-refractivity contribution in [3.63, 3.8) is 0 Å². The Morgan fingerprint density at radius 1 is 1.12 bits per heavy atom. The SMILES string of the molecule is O=C(Nc1cccc(F)c1)c1cccc(Br)c1. The van der Waals surface area contributed by atoms with Gasteiger partial charge in [0.25, 0.3) is 5.91 Å². The summed E-state index contributed by atoms with van der Waals surface area (Å²) >= 11 is 3.29. The number of anilines is 1. The lowest BCUT2D eigenvalue weighted by Gasteiger charge is -2.05. The molecule has 2 aromatic carbocycles. The van der Waals surface area contributed by atoms with Crippen LogP contribution >= 0.6 is 15.9 Å². The third-order valence-electron chi connectivity index (χ3n) is 2.17. The highest BCUT2D eigenvalue weighted by Gasteiger charge is 2.06. The smallest absolute Gasteiger partial charge is 0.255 e. The summed E-state index contributed by atoms with van der Waals surface area (Å²) in [4.78, 5) is 11.8. The summed E-state index contributed by atoms with van der Waals surface area (Å²) in [5.74, 6) is -0.644. The summed E-state index contributed by atoms with van der Waals surface area (Å²) < 4.78 is 13.7. The molecule has 1 amide bonds. The van der Waals surface area contributed by atoms with Gasteiger partial charge in [0, 0.05) is 15.7 Å². The molecule has 0 fully saturated rings. The van der Waals surface area contributed by atoms with Gasteiger partial charge in [-0.3, -0.25) is 4.79 Å². The molecule has 0 aliphatic rings. The van der Waals surface area contributed by atoms with Gasteiger partial charge in [-0.15, -0.1) is 0 Å². The first-order chi connectivity index (χ1) is 8.15. The van der Waals surface area contributed by atoms with E-state index in [4.69, 9.17) is 0 Å². The van der Waals surface area contributed by atoms with E-state index >= 15 is 0 Å². The van der Waals surface area contributed by atoms with E-state index in [0.29, 0.717) is 11.3 Å². The topological polar surface area (TPSA) is 29.1 Å². The van der Waals surface area contributed by atoms with Gasteiger partial charge in [0.1, 0.15) is 5.82 Å². The van der Waals surface area contributed by atoms with Crippen LogP contribution in [-0.4, -0.2) is 5.91 Å². The van der Waals surface area contributed by atoms with E-state index in [0.717, 1.165) is 4.47 Å². The average molecular weight is 294 g/mol. The Kier molecular flexibility index (Phi) is 3.54. The number of nitrogens with one attached hydrogen (secondary N) is 1. The highest BCUT2D eigenvalue weighted by atomic mass is 79.9. The first kappa shape index (κ1) is 11.8. The summed E-state index contributed by atoms with van der Waals surface area (Å²) in [6.07, 6.45) is 0. The lowest BCUT2D eigenvalue weighted by atomic mass is 10.2. The molecule has 0 aromatic heterocycles. The Bertz CT molecular complexity index is 557. The predicted octanol–water partition coefficient (Wildman–Crippen LogP) is 3.84. The van der Waals surface area contributed by atoms with E-state index in [1.165, 1.54) is 12.1 Å². The molecule has 1 N–H and O–H groups in total. The number of carbonyl (C=O) groups excluding carboxylic acids is 1. The van der Waals surface area contributed by atoms with Crippen molar-refractivity contribution in [1.82, 2.24) is 0 Å². The van der Waals surface area contributed by atoms with Crippen LogP contribution in [0.15, 0.2) is 53.0 Å². The second-order valence-electron chi connectivity index (χ2n) is 3.47. The molecule has 0 aliphatic carbocycles. The molecule has 2 rings (SSSR count). The van der Waals surface area contributed by atoms with Crippen LogP contribution in [0.4, 0.5) is 10.1 Å². The molecule has 0 spiro atoms. The Morgan fingerprint density at radius 3 is 2.59 bits per heavy atom. The van der Waals surface area contributed by atoms with Gasteiger partial charge in [-0.1, -0.05) is 28.1 Å². The fourth-order valence-corrected chi connectivity index (χ4v) is 1.80. The zero-order chi connectivity index (χ0) is 12.3. The predicted molar refractivity (Wildman–Crippen MR) is 68.5 cm³/mol. The van der Waals surface area contributed by atoms with Crippen molar-refractivity contribution in [1.29, 1.82) is 0 Å². The number of benzene rings is 2. The molecule has 0 radical (unpaired) electrons. The summed E-state index contributed by atoms with van der Waals surface area (Å²) in [5, 5.41) is 2.63. The van der Waals surface area contributed by atoms with Crippen LogP contribution < -0.4 is 5.32 Å². The third-order valence-corrected chi connectivity index (χ3v) is 2.66. The monoisotopic (exact) mass is 293 g/mol. The van der Waals surface area contributed by atoms with Crippen molar-refractivity contribution < 1.29 is 9.18 Å². The maximum absolute atomic E-state index is 12.9. The van der Waals surface area contributed by atoms with Gasteiger partial charge in [0.05, 0.1) is 0 Å². The second-order valence-corrected chi connectivity index (χ2v) is 4.39. The van der Waals surface area contributed by atoms with Crippen LogP contribution in [0.2, 0.25) is 0 Å². The standard InChI is InChI=1S/C13H9BrFNO/c14-10-4-1-3-9(7-10)13(17)16-12-6-2-5-11(15)8-12/h1-8H,(H,16,17). The molecule has 2 nitrogen and oxygen atoms in total. The summed E-state index contributed by atoms with van der Waals surface area (Å²) in [7, 11) is 0. The van der Waals surface area contributed by atoms with E-state index < -0.39 is 0 Å². The maximum atomic E-state index is 12.9. The molecule has 86 valence electrons.